The number of methoxy groups -OCH3 is 1. The summed E-state index contributed by atoms with van der Waals surface area (Å²) in [4.78, 5) is 17.5. The summed E-state index contributed by atoms with van der Waals surface area (Å²) in [6.45, 7) is 7.00. The molecule has 3 aromatic carbocycles. The first-order valence-electron chi connectivity index (χ1n) is 12.7. The maximum absolute atomic E-state index is 12.5. The molecule has 0 aliphatic heterocycles. The van der Waals surface area contributed by atoms with Gasteiger partial charge in [0.05, 0.1) is 12.8 Å². The Kier molecular flexibility index (Phi) is 6.82. The predicted octanol–water partition coefficient (Wildman–Crippen LogP) is 6.82. The fourth-order valence-electron chi connectivity index (χ4n) is 4.64. The molecule has 0 unspecified atom stereocenters. The van der Waals surface area contributed by atoms with E-state index < -0.39 is 0 Å². The number of rotatable bonds is 8. The van der Waals surface area contributed by atoms with Crippen LogP contribution in [0, 0.1) is 13.8 Å². The predicted molar refractivity (Wildman–Crippen MR) is 149 cm³/mol. The monoisotopic (exact) mass is 492 g/mol. The Morgan fingerprint density at radius 1 is 0.919 bits per heavy atom. The van der Waals surface area contributed by atoms with Gasteiger partial charge in [-0.15, -0.1) is 0 Å². The summed E-state index contributed by atoms with van der Waals surface area (Å²) < 4.78 is 7.38. The number of nitrogens with one attached hydrogen (secondary N) is 2. The molecule has 0 aliphatic carbocycles. The molecule has 0 atom stereocenters. The van der Waals surface area contributed by atoms with Crippen LogP contribution >= 0.6 is 0 Å². The van der Waals surface area contributed by atoms with E-state index in [1.165, 1.54) is 5.56 Å². The molecule has 5 rings (SSSR count). The zero-order valence-corrected chi connectivity index (χ0v) is 21.8. The summed E-state index contributed by atoms with van der Waals surface area (Å²) >= 11 is 0. The third-order valence-electron chi connectivity index (χ3n) is 6.76. The summed E-state index contributed by atoms with van der Waals surface area (Å²) in [6, 6.07) is 24.3. The van der Waals surface area contributed by atoms with Crippen molar-refractivity contribution in [2.45, 2.75) is 33.6 Å². The molecule has 0 bridgehead atoms. The van der Waals surface area contributed by atoms with E-state index in [9.17, 15) is 4.79 Å². The Balaban J connectivity index is 1.60. The zero-order chi connectivity index (χ0) is 25.9. The van der Waals surface area contributed by atoms with Crippen molar-refractivity contribution < 1.29 is 9.53 Å². The normalized spacial score (nSPS) is 11.1. The second kappa shape index (κ2) is 10.3. The Morgan fingerprint density at radius 3 is 2.22 bits per heavy atom. The maximum atomic E-state index is 12.5. The van der Waals surface area contributed by atoms with Crippen LogP contribution in [0.15, 0.2) is 72.8 Å². The molecule has 0 fully saturated rings. The van der Waals surface area contributed by atoms with Gasteiger partial charge in [-0.3, -0.25) is 9.89 Å². The van der Waals surface area contributed by atoms with Gasteiger partial charge in [-0.1, -0.05) is 55.3 Å². The average Bonchev–Trinajstić information content (AvgIpc) is 3.47. The topological polar surface area (TPSA) is 71.4 Å². The molecule has 2 heterocycles. The van der Waals surface area contributed by atoms with E-state index in [1.807, 2.05) is 48.5 Å². The number of carbonyl (C=O) groups is 1. The number of benzene rings is 3. The molecule has 5 aromatic rings. The number of ether oxygens (including phenoxy) is 1. The Bertz CT molecular complexity index is 1530. The quantitative estimate of drug-likeness (QED) is 0.234. The average molecular weight is 493 g/mol. The molecule has 0 saturated carbocycles. The molecule has 1 amide bonds. The molecule has 0 radical (unpaired) electrons. The van der Waals surface area contributed by atoms with E-state index in [-0.39, 0.29) is 5.91 Å². The fraction of sp³-hybridized carbons (Fsp3) is 0.226. The minimum Gasteiger partial charge on any atom is -0.497 e. The molecular formula is C31H32N4O2. The van der Waals surface area contributed by atoms with Crippen LogP contribution in [0.1, 0.15) is 41.3 Å². The van der Waals surface area contributed by atoms with Crippen molar-refractivity contribution in [3.8, 4) is 39.5 Å². The molecule has 6 nitrogen and oxygen atoms in total. The van der Waals surface area contributed by atoms with E-state index in [0.29, 0.717) is 12.1 Å². The van der Waals surface area contributed by atoms with Crippen LogP contribution in [0.5, 0.6) is 5.75 Å². The van der Waals surface area contributed by atoms with Crippen LogP contribution in [-0.4, -0.2) is 34.2 Å². The van der Waals surface area contributed by atoms with Gasteiger partial charge in [0.2, 0.25) is 0 Å². The Labute approximate surface area is 217 Å². The highest BCUT2D eigenvalue weighted by molar-refractivity contribution is 5.96. The summed E-state index contributed by atoms with van der Waals surface area (Å²) in [5.74, 6) is 1.56. The molecule has 188 valence electrons. The highest BCUT2D eigenvalue weighted by Crippen LogP contribution is 2.39. The minimum atomic E-state index is -0.0368. The molecule has 37 heavy (non-hydrogen) atoms. The summed E-state index contributed by atoms with van der Waals surface area (Å²) in [5, 5.41) is 6.51. The van der Waals surface area contributed by atoms with Gasteiger partial charge in [0, 0.05) is 34.4 Å². The van der Waals surface area contributed by atoms with E-state index in [2.05, 4.69) is 60.0 Å². The van der Waals surface area contributed by atoms with Crippen molar-refractivity contribution in [2.24, 2.45) is 0 Å². The van der Waals surface area contributed by atoms with Gasteiger partial charge < -0.3 is 10.1 Å². The second-order valence-corrected chi connectivity index (χ2v) is 9.36. The largest absolute Gasteiger partial charge is 0.497 e. The van der Waals surface area contributed by atoms with Gasteiger partial charge in [-0.25, -0.2) is 9.50 Å². The van der Waals surface area contributed by atoms with Gasteiger partial charge in [0.1, 0.15) is 5.75 Å². The van der Waals surface area contributed by atoms with Crippen LogP contribution in [0.25, 0.3) is 39.4 Å². The highest BCUT2D eigenvalue weighted by Gasteiger charge is 2.22. The molecule has 2 aromatic heterocycles. The molecule has 0 aliphatic rings. The van der Waals surface area contributed by atoms with Crippen molar-refractivity contribution in [2.75, 3.05) is 13.7 Å². The number of H-pyrrole nitrogens is 1. The third kappa shape index (κ3) is 4.75. The first kappa shape index (κ1) is 24.4. The number of unbranched alkanes of at least 4 members (excludes halogenated alkanes) is 1. The smallest absolute Gasteiger partial charge is 0.251 e. The van der Waals surface area contributed by atoms with Crippen molar-refractivity contribution in [3.05, 3.63) is 89.5 Å². The molecule has 2 N–H and O–H groups in total. The lowest BCUT2D eigenvalue weighted by Gasteiger charge is -2.10. The van der Waals surface area contributed by atoms with Crippen LogP contribution in [-0.2, 0) is 0 Å². The van der Waals surface area contributed by atoms with Gasteiger partial charge in [0.15, 0.2) is 11.5 Å². The van der Waals surface area contributed by atoms with Crippen molar-refractivity contribution >= 4 is 11.6 Å². The number of fused-ring (bicyclic) bond motifs is 1. The van der Waals surface area contributed by atoms with E-state index in [0.717, 1.165) is 63.6 Å². The molecule has 0 saturated heterocycles. The first-order chi connectivity index (χ1) is 18.0. The minimum absolute atomic E-state index is 0.0368. The van der Waals surface area contributed by atoms with Crippen molar-refractivity contribution in [1.29, 1.82) is 0 Å². The van der Waals surface area contributed by atoms with E-state index in [1.54, 1.807) is 7.11 Å². The van der Waals surface area contributed by atoms with Crippen LogP contribution in [0.2, 0.25) is 0 Å². The second-order valence-electron chi connectivity index (χ2n) is 9.36. The number of nitrogens with zero attached hydrogens (tertiary/aromatic N) is 2. The molecule has 0 spiro atoms. The summed E-state index contributed by atoms with van der Waals surface area (Å²) in [5.41, 5.74) is 9.08. The number of aromatic nitrogens is 3. The fourth-order valence-corrected chi connectivity index (χ4v) is 4.64. The Morgan fingerprint density at radius 2 is 1.57 bits per heavy atom. The van der Waals surface area contributed by atoms with Crippen LogP contribution < -0.4 is 10.1 Å². The van der Waals surface area contributed by atoms with Crippen molar-refractivity contribution in [3.63, 3.8) is 0 Å². The number of hydrogen-bond donors (Lipinski definition) is 2. The number of amides is 1. The van der Waals surface area contributed by atoms with Crippen molar-refractivity contribution in [1.82, 2.24) is 19.9 Å². The number of hydrogen-bond acceptors (Lipinski definition) is 3. The number of aromatic amines is 1. The standard InChI is InChI=1S/C31H32N4O2/c1-5-6-19-32-31(36)25-13-11-22(12-14-25)27-21(3)30-33-29(24-15-17-26(37-4)18-16-24)34-35(30)28(27)23-9-7-20(2)8-10-23/h7-18H,5-6,19H2,1-4H3,(H,32,36)(H,33,34). The molecule has 6 heteroatoms. The number of carbonyl (C=O) groups excluding carboxylic acids is 1. The summed E-state index contributed by atoms with van der Waals surface area (Å²) in [6.07, 6.45) is 2.03. The van der Waals surface area contributed by atoms with Crippen LogP contribution in [0.4, 0.5) is 0 Å². The highest BCUT2D eigenvalue weighted by atomic mass is 16.5. The SMILES string of the molecule is CCCCNC(=O)c1ccc(-c2c(C)c3nc(-c4ccc(OC)cc4)[nH]n3c2-c2ccc(C)cc2)cc1. The van der Waals surface area contributed by atoms with Gasteiger partial charge in [-0.2, -0.15) is 0 Å². The Hall–Kier alpha value is -4.32. The molecular weight excluding hydrogens is 460 g/mol. The lowest BCUT2D eigenvalue weighted by molar-refractivity contribution is 0.0953. The summed E-state index contributed by atoms with van der Waals surface area (Å²) in [7, 11) is 1.66. The van der Waals surface area contributed by atoms with Crippen LogP contribution in [0.3, 0.4) is 0 Å². The number of aryl methyl sites for hydroxylation is 2. The maximum Gasteiger partial charge on any atom is 0.251 e. The third-order valence-corrected chi connectivity index (χ3v) is 6.76. The first-order valence-corrected chi connectivity index (χ1v) is 12.7. The van der Waals surface area contributed by atoms with Gasteiger partial charge in [-0.05, 0) is 62.2 Å². The lowest BCUT2D eigenvalue weighted by Crippen LogP contribution is -2.24. The van der Waals surface area contributed by atoms with Gasteiger partial charge in [0.25, 0.3) is 5.91 Å². The zero-order valence-electron chi connectivity index (χ0n) is 21.8. The van der Waals surface area contributed by atoms with E-state index >= 15 is 0 Å². The van der Waals surface area contributed by atoms with Gasteiger partial charge >= 0.3 is 0 Å². The van der Waals surface area contributed by atoms with E-state index in [4.69, 9.17) is 9.72 Å². The lowest BCUT2D eigenvalue weighted by atomic mass is 9.97.